The molecule has 0 aromatic carbocycles. The molecule has 2 N–H and O–H groups in total. The number of alkyl halides is 1. The van der Waals surface area contributed by atoms with Gasteiger partial charge in [-0.05, 0) is 17.6 Å². The lowest BCUT2D eigenvalue weighted by Crippen LogP contribution is -2.52. The van der Waals surface area contributed by atoms with Crippen molar-refractivity contribution in [2.24, 2.45) is 11.8 Å². The van der Waals surface area contributed by atoms with Crippen molar-refractivity contribution in [3.63, 3.8) is 0 Å². The van der Waals surface area contributed by atoms with Crippen LogP contribution in [0.2, 0.25) is 0 Å². The molecule has 0 fully saturated rings. The van der Waals surface area contributed by atoms with Gasteiger partial charge in [0.1, 0.15) is 18.3 Å². The third-order valence-electron chi connectivity index (χ3n) is 4.17. The number of aliphatic hydroxyl groups is 2. The number of esters is 2. The topological polar surface area (TPSA) is 102 Å². The monoisotopic (exact) mass is 374 g/mol. The van der Waals surface area contributed by atoms with Crippen molar-refractivity contribution in [3.8, 4) is 0 Å². The van der Waals surface area contributed by atoms with Gasteiger partial charge in [0.05, 0.1) is 18.1 Å². The second kappa shape index (κ2) is 7.76. The van der Waals surface area contributed by atoms with Crippen LogP contribution in [-0.4, -0.2) is 52.6 Å². The van der Waals surface area contributed by atoms with Crippen LogP contribution in [0.3, 0.4) is 0 Å². The molecule has 0 aromatic heterocycles. The fourth-order valence-corrected chi connectivity index (χ4v) is 3.27. The van der Waals surface area contributed by atoms with Gasteiger partial charge in [-0.15, -0.1) is 11.6 Å². The van der Waals surface area contributed by atoms with Crippen LogP contribution in [0.4, 0.5) is 0 Å². The Morgan fingerprint density at radius 3 is 2.68 bits per heavy atom. The first-order chi connectivity index (χ1) is 11.7. The molecule has 1 heterocycles. The summed E-state index contributed by atoms with van der Waals surface area (Å²) in [5, 5.41) is 20.9. The fourth-order valence-electron chi connectivity index (χ4n) is 2.95. The van der Waals surface area contributed by atoms with Gasteiger partial charge in [-0.1, -0.05) is 13.8 Å². The van der Waals surface area contributed by atoms with Gasteiger partial charge in [-0.2, -0.15) is 0 Å². The summed E-state index contributed by atoms with van der Waals surface area (Å²) in [6, 6.07) is 0. The normalized spacial score (nSPS) is 30.9. The number of hydrogen-bond acceptors (Lipinski definition) is 7. The SMILES string of the molecule is CC(=O)O[C@@H]1OC=C(COC(=O)CC(C)C)C2=C[C@H](O)[C@](O)(CCl)[C@H]21. The summed E-state index contributed by atoms with van der Waals surface area (Å²) in [7, 11) is 0. The molecule has 0 bridgehead atoms. The first kappa shape index (κ1) is 19.8. The van der Waals surface area contributed by atoms with Crippen LogP contribution in [0.5, 0.6) is 0 Å². The molecule has 1 aliphatic heterocycles. The number of carbonyl (C=O) groups is 2. The maximum Gasteiger partial charge on any atom is 0.306 e. The molecule has 7 nitrogen and oxygen atoms in total. The lowest BCUT2D eigenvalue weighted by Gasteiger charge is -2.38. The third kappa shape index (κ3) is 4.16. The molecule has 0 radical (unpaired) electrons. The van der Waals surface area contributed by atoms with Crippen molar-refractivity contribution < 1.29 is 34.0 Å². The van der Waals surface area contributed by atoms with E-state index in [-0.39, 0.29) is 30.8 Å². The van der Waals surface area contributed by atoms with Gasteiger partial charge in [0.25, 0.3) is 6.29 Å². The first-order valence-corrected chi connectivity index (χ1v) is 8.58. The summed E-state index contributed by atoms with van der Waals surface area (Å²) >= 11 is 5.85. The zero-order valence-corrected chi connectivity index (χ0v) is 15.2. The Balaban J connectivity index is 2.20. The molecule has 140 valence electrons. The summed E-state index contributed by atoms with van der Waals surface area (Å²) in [6.07, 6.45) is 0.625. The standard InChI is InChI=1S/C17H23ClO7/c1-9(2)4-14(21)23-6-11-7-24-16(25-10(3)19)15-12(11)5-13(20)17(15,22)8-18/h5,7,9,13,15-16,20,22H,4,6,8H2,1-3H3/t13-,15+,16-,17+/m0/s1. The maximum atomic E-state index is 11.7. The third-order valence-corrected chi connectivity index (χ3v) is 4.60. The average molecular weight is 375 g/mol. The Morgan fingerprint density at radius 2 is 2.12 bits per heavy atom. The predicted octanol–water partition coefficient (Wildman–Crippen LogP) is 1.27. The van der Waals surface area contributed by atoms with Crippen LogP contribution >= 0.6 is 11.6 Å². The highest BCUT2D eigenvalue weighted by atomic mass is 35.5. The molecule has 2 rings (SSSR count). The minimum atomic E-state index is -1.75. The number of carbonyl (C=O) groups excluding carboxylic acids is 2. The van der Waals surface area contributed by atoms with Crippen LogP contribution < -0.4 is 0 Å². The molecule has 0 amide bonds. The molecule has 4 atom stereocenters. The van der Waals surface area contributed by atoms with E-state index in [9.17, 15) is 19.8 Å². The van der Waals surface area contributed by atoms with E-state index in [2.05, 4.69) is 0 Å². The molecular formula is C17H23ClO7. The largest absolute Gasteiger partial charge is 0.461 e. The molecule has 0 saturated heterocycles. The van der Waals surface area contributed by atoms with Gasteiger partial charge in [0.15, 0.2) is 0 Å². The van der Waals surface area contributed by atoms with Crippen molar-refractivity contribution in [3.05, 3.63) is 23.5 Å². The Bertz CT molecular complexity index is 598. The highest BCUT2D eigenvalue weighted by molar-refractivity contribution is 6.18. The van der Waals surface area contributed by atoms with Gasteiger partial charge in [0.2, 0.25) is 0 Å². The Labute approximate surface area is 151 Å². The molecule has 0 aromatic rings. The maximum absolute atomic E-state index is 11.7. The summed E-state index contributed by atoms with van der Waals surface area (Å²) in [6.45, 7) is 4.94. The number of ether oxygens (including phenoxy) is 3. The number of halogens is 1. The average Bonchev–Trinajstić information content (AvgIpc) is 2.78. The molecule has 0 spiro atoms. The van der Waals surface area contributed by atoms with Crippen molar-refractivity contribution in [1.82, 2.24) is 0 Å². The number of rotatable bonds is 6. The van der Waals surface area contributed by atoms with Crippen LogP contribution in [0.1, 0.15) is 27.2 Å². The van der Waals surface area contributed by atoms with Gasteiger partial charge in [0, 0.05) is 18.9 Å². The van der Waals surface area contributed by atoms with Gasteiger partial charge in [-0.3, -0.25) is 9.59 Å². The molecule has 0 saturated carbocycles. The van der Waals surface area contributed by atoms with E-state index in [1.165, 1.54) is 19.3 Å². The second-order valence-electron chi connectivity index (χ2n) is 6.69. The zero-order valence-electron chi connectivity index (χ0n) is 14.4. The van der Waals surface area contributed by atoms with Gasteiger partial charge >= 0.3 is 11.9 Å². The fraction of sp³-hybridized carbons (Fsp3) is 0.647. The summed E-state index contributed by atoms with van der Waals surface area (Å²) in [5.41, 5.74) is -0.783. The van der Waals surface area contributed by atoms with Gasteiger partial charge in [-0.25, -0.2) is 0 Å². The molecule has 2 aliphatic rings. The molecule has 8 heteroatoms. The molecule has 25 heavy (non-hydrogen) atoms. The van der Waals surface area contributed by atoms with Crippen molar-refractivity contribution in [2.45, 2.75) is 45.2 Å². The van der Waals surface area contributed by atoms with E-state index in [1.54, 1.807) is 0 Å². The lowest BCUT2D eigenvalue weighted by molar-refractivity contribution is -0.196. The number of fused-ring (bicyclic) bond motifs is 1. The van der Waals surface area contributed by atoms with Crippen LogP contribution in [0, 0.1) is 11.8 Å². The lowest BCUT2D eigenvalue weighted by atomic mass is 9.83. The summed E-state index contributed by atoms with van der Waals surface area (Å²) in [4.78, 5) is 23.0. The van der Waals surface area contributed by atoms with Crippen LogP contribution in [0.25, 0.3) is 0 Å². The summed E-state index contributed by atoms with van der Waals surface area (Å²) in [5.74, 6) is -1.96. The quantitative estimate of drug-likeness (QED) is 0.533. The molecule has 0 unspecified atom stereocenters. The van der Waals surface area contributed by atoms with E-state index in [0.29, 0.717) is 11.1 Å². The zero-order chi connectivity index (χ0) is 18.8. The molecular weight excluding hydrogens is 352 g/mol. The van der Waals surface area contributed by atoms with Crippen LogP contribution in [0.15, 0.2) is 23.5 Å². The van der Waals surface area contributed by atoms with Crippen molar-refractivity contribution in [2.75, 3.05) is 12.5 Å². The predicted molar refractivity (Wildman–Crippen MR) is 88.4 cm³/mol. The molecule has 1 aliphatic carbocycles. The van der Waals surface area contributed by atoms with E-state index in [0.717, 1.165) is 0 Å². The van der Waals surface area contributed by atoms with E-state index < -0.39 is 29.9 Å². The van der Waals surface area contributed by atoms with Crippen molar-refractivity contribution in [1.29, 1.82) is 0 Å². The minimum absolute atomic E-state index is 0.0776. The Kier molecular flexibility index (Phi) is 6.13. The van der Waals surface area contributed by atoms with E-state index >= 15 is 0 Å². The minimum Gasteiger partial charge on any atom is -0.461 e. The highest BCUT2D eigenvalue weighted by Gasteiger charge is 2.56. The summed E-state index contributed by atoms with van der Waals surface area (Å²) < 4.78 is 15.7. The number of hydrogen-bond donors (Lipinski definition) is 2. The Hall–Kier alpha value is -1.57. The van der Waals surface area contributed by atoms with Gasteiger partial charge < -0.3 is 24.4 Å². The highest BCUT2D eigenvalue weighted by Crippen LogP contribution is 2.46. The smallest absolute Gasteiger partial charge is 0.306 e. The van der Waals surface area contributed by atoms with Crippen molar-refractivity contribution >= 4 is 23.5 Å². The van der Waals surface area contributed by atoms with E-state index in [1.807, 2.05) is 13.8 Å². The first-order valence-electron chi connectivity index (χ1n) is 8.04. The van der Waals surface area contributed by atoms with E-state index in [4.69, 9.17) is 25.8 Å². The second-order valence-corrected chi connectivity index (χ2v) is 6.95. The van der Waals surface area contributed by atoms with Crippen LogP contribution in [-0.2, 0) is 23.8 Å². The number of aliphatic hydroxyl groups excluding tert-OH is 1. The Morgan fingerprint density at radius 1 is 1.44 bits per heavy atom.